The van der Waals surface area contributed by atoms with Gasteiger partial charge >= 0.3 is 6.09 Å². The lowest BCUT2D eigenvalue weighted by molar-refractivity contribution is -0.142. The molecule has 3 aliphatic rings. The van der Waals surface area contributed by atoms with Crippen molar-refractivity contribution < 1.29 is 29.3 Å². The number of ether oxygens (including phenoxy) is 1. The molecule has 3 N–H and O–H groups in total. The molecule has 0 aromatic heterocycles. The third kappa shape index (κ3) is 4.64. The van der Waals surface area contributed by atoms with Crippen LogP contribution < -0.4 is 5.43 Å². The molecule has 1 aliphatic heterocycles. The summed E-state index contributed by atoms with van der Waals surface area (Å²) >= 11 is 0. The van der Waals surface area contributed by atoms with E-state index in [4.69, 9.17) is 4.74 Å². The summed E-state index contributed by atoms with van der Waals surface area (Å²) in [6.45, 7) is 0.264. The van der Waals surface area contributed by atoms with Gasteiger partial charge in [0.15, 0.2) is 0 Å². The van der Waals surface area contributed by atoms with Gasteiger partial charge in [0.05, 0.1) is 30.6 Å². The Morgan fingerprint density at radius 2 is 1.58 bits per heavy atom. The first-order valence-corrected chi connectivity index (χ1v) is 12.2. The van der Waals surface area contributed by atoms with Gasteiger partial charge in [-0.3, -0.25) is 14.5 Å². The molecule has 9 nitrogen and oxygen atoms in total. The molecule has 2 aromatic carbocycles. The lowest BCUT2D eigenvalue weighted by Gasteiger charge is -2.45. The molecule has 0 bridgehead atoms. The van der Waals surface area contributed by atoms with Crippen molar-refractivity contribution in [2.24, 2.45) is 28.8 Å². The summed E-state index contributed by atoms with van der Waals surface area (Å²) in [6.07, 6.45) is -2.00. The van der Waals surface area contributed by atoms with E-state index in [0.717, 1.165) is 11.1 Å². The van der Waals surface area contributed by atoms with Crippen molar-refractivity contribution in [2.45, 2.75) is 44.6 Å². The van der Waals surface area contributed by atoms with E-state index in [1.54, 1.807) is 0 Å². The molecule has 3 fully saturated rings. The Hall–Kier alpha value is -3.56. The number of aliphatic hydroxyl groups excluding tert-OH is 2. The molecule has 6 atom stereocenters. The fourth-order valence-electron chi connectivity index (χ4n) is 5.86. The summed E-state index contributed by atoms with van der Waals surface area (Å²) in [5.74, 6) is -2.84. The Labute approximate surface area is 208 Å². The minimum atomic E-state index is -1.17. The van der Waals surface area contributed by atoms with Crippen LogP contribution in [0.25, 0.3) is 0 Å². The number of nitrogens with zero attached hydrogens (tertiary/aromatic N) is 2. The second kappa shape index (κ2) is 10.2. The number of nitrogens with one attached hydrogen (secondary N) is 1. The molecule has 9 heteroatoms. The Kier molecular flexibility index (Phi) is 6.84. The summed E-state index contributed by atoms with van der Waals surface area (Å²) in [7, 11) is 0. The molecule has 2 aromatic rings. The topological polar surface area (TPSA) is 129 Å². The number of carbonyl (C=O) groups excluding carboxylic acids is 3. The zero-order chi connectivity index (χ0) is 25.2. The lowest BCUT2D eigenvalue weighted by Crippen LogP contribution is -2.55. The number of carbonyl (C=O) groups is 3. The molecule has 36 heavy (non-hydrogen) atoms. The quantitative estimate of drug-likeness (QED) is 0.435. The van der Waals surface area contributed by atoms with E-state index >= 15 is 0 Å². The van der Waals surface area contributed by atoms with E-state index < -0.39 is 36.1 Å². The number of benzene rings is 2. The zero-order valence-corrected chi connectivity index (χ0v) is 19.7. The Morgan fingerprint density at radius 3 is 2.28 bits per heavy atom. The first-order chi connectivity index (χ1) is 17.4. The molecule has 3 amide bonds. The van der Waals surface area contributed by atoms with Crippen LogP contribution in [0.4, 0.5) is 4.79 Å². The van der Waals surface area contributed by atoms with Crippen LogP contribution in [0.2, 0.25) is 0 Å². The number of hydrogen-bond acceptors (Lipinski definition) is 7. The average molecular weight is 492 g/mol. The van der Waals surface area contributed by atoms with Gasteiger partial charge in [-0.05, 0) is 24.0 Å². The first kappa shape index (κ1) is 24.1. The summed E-state index contributed by atoms with van der Waals surface area (Å²) in [4.78, 5) is 40.1. The van der Waals surface area contributed by atoms with Crippen LogP contribution in [-0.2, 0) is 27.5 Å². The molecule has 2 aliphatic carbocycles. The minimum absolute atomic E-state index is 0.0640. The van der Waals surface area contributed by atoms with Gasteiger partial charge < -0.3 is 14.9 Å². The van der Waals surface area contributed by atoms with Crippen molar-refractivity contribution in [3.63, 3.8) is 0 Å². The Bertz CT molecular complexity index is 1150. The van der Waals surface area contributed by atoms with E-state index in [-0.39, 0.29) is 37.3 Å². The molecule has 188 valence electrons. The second-order valence-electron chi connectivity index (χ2n) is 9.68. The fraction of sp³-hybridized carbons (Fsp3) is 0.407. The third-order valence-corrected chi connectivity index (χ3v) is 7.56. The van der Waals surface area contributed by atoms with Gasteiger partial charge in [0.2, 0.25) is 11.8 Å². The van der Waals surface area contributed by atoms with Gasteiger partial charge in [0.1, 0.15) is 6.61 Å². The summed E-state index contributed by atoms with van der Waals surface area (Å²) in [5, 5.41) is 25.7. The zero-order valence-electron chi connectivity index (χ0n) is 19.7. The maximum Gasteiger partial charge on any atom is 0.428 e. The molecule has 0 unspecified atom stereocenters. The minimum Gasteiger partial charge on any atom is -0.443 e. The molecular formula is C27H29N3O6. The second-order valence-corrected chi connectivity index (χ2v) is 9.68. The summed E-state index contributed by atoms with van der Waals surface area (Å²) in [5.41, 5.74) is 4.56. The number of imide groups is 1. The number of hydrazone groups is 1. The number of likely N-dealkylation sites (tertiary alicyclic amines) is 1. The van der Waals surface area contributed by atoms with Crippen LogP contribution in [0, 0.1) is 23.7 Å². The van der Waals surface area contributed by atoms with Gasteiger partial charge in [0, 0.05) is 24.0 Å². The third-order valence-electron chi connectivity index (χ3n) is 7.56. The van der Waals surface area contributed by atoms with Crippen molar-refractivity contribution in [1.29, 1.82) is 0 Å². The first-order valence-electron chi connectivity index (χ1n) is 12.2. The number of amides is 3. The molecule has 5 rings (SSSR count). The molecule has 1 heterocycles. The molecule has 1 saturated heterocycles. The normalized spacial score (nSPS) is 30.6. The van der Waals surface area contributed by atoms with Crippen LogP contribution in [0.1, 0.15) is 30.4 Å². The smallest absolute Gasteiger partial charge is 0.428 e. The van der Waals surface area contributed by atoms with Crippen molar-refractivity contribution in [3.8, 4) is 0 Å². The van der Waals surface area contributed by atoms with Crippen LogP contribution >= 0.6 is 0 Å². The van der Waals surface area contributed by atoms with Crippen LogP contribution in [-0.4, -0.2) is 50.9 Å². The lowest BCUT2D eigenvalue weighted by atomic mass is 9.60. The van der Waals surface area contributed by atoms with Crippen molar-refractivity contribution in [3.05, 3.63) is 71.8 Å². The van der Waals surface area contributed by atoms with Gasteiger partial charge in [-0.25, -0.2) is 10.2 Å². The van der Waals surface area contributed by atoms with E-state index in [1.165, 1.54) is 4.90 Å². The average Bonchev–Trinajstić information content (AvgIpc) is 3.14. The molecule has 0 spiro atoms. The van der Waals surface area contributed by atoms with Crippen LogP contribution in [0.15, 0.2) is 65.8 Å². The van der Waals surface area contributed by atoms with E-state index in [1.807, 2.05) is 60.7 Å². The number of rotatable bonds is 5. The standard InChI is InChI=1S/C27H29N3O6/c31-21-13-20(28-29-27(35)36-15-17-9-5-2-6-10-17)18-11-12-19-23(22(18)24(21)32)26(34)30(25(19)33)14-16-7-3-1-4-8-16/h1-10,18-19,21-24,31-32H,11-15H2,(H,29,35)/b28-20+/t18-,19+,21+,22-,23+,24+/m0/s1. The molecule has 2 saturated carbocycles. The predicted molar refractivity (Wildman–Crippen MR) is 129 cm³/mol. The monoisotopic (exact) mass is 491 g/mol. The van der Waals surface area contributed by atoms with E-state index in [2.05, 4.69) is 10.5 Å². The maximum absolute atomic E-state index is 13.4. The van der Waals surface area contributed by atoms with Crippen molar-refractivity contribution >= 4 is 23.6 Å². The largest absolute Gasteiger partial charge is 0.443 e. The highest BCUT2D eigenvalue weighted by Gasteiger charge is 2.59. The van der Waals surface area contributed by atoms with Crippen LogP contribution in [0.3, 0.4) is 0 Å². The SMILES string of the molecule is O=C(N/N=C1\C[C@@H](O)[C@@H](O)[C@@H]2[C@@H]3C(=O)N(Cc4ccccc4)C(=O)[C@@H]3CC[C@@H]12)OCc1ccccc1. The number of aliphatic hydroxyl groups is 2. The molecule has 0 radical (unpaired) electrons. The number of hydrogen-bond donors (Lipinski definition) is 3. The Balaban J connectivity index is 1.31. The van der Waals surface area contributed by atoms with E-state index in [0.29, 0.717) is 18.6 Å². The summed E-state index contributed by atoms with van der Waals surface area (Å²) < 4.78 is 5.20. The predicted octanol–water partition coefficient (Wildman–Crippen LogP) is 2.22. The number of fused-ring (bicyclic) bond motifs is 3. The van der Waals surface area contributed by atoms with Gasteiger partial charge in [-0.15, -0.1) is 0 Å². The highest BCUT2D eigenvalue weighted by molar-refractivity contribution is 6.06. The van der Waals surface area contributed by atoms with Crippen molar-refractivity contribution in [1.82, 2.24) is 10.3 Å². The summed E-state index contributed by atoms with van der Waals surface area (Å²) in [6, 6.07) is 18.5. The van der Waals surface area contributed by atoms with Gasteiger partial charge in [-0.2, -0.15) is 5.10 Å². The fourth-order valence-corrected chi connectivity index (χ4v) is 5.86. The highest BCUT2D eigenvalue weighted by Crippen LogP contribution is 2.49. The van der Waals surface area contributed by atoms with Gasteiger partial charge in [-0.1, -0.05) is 60.7 Å². The van der Waals surface area contributed by atoms with E-state index in [9.17, 15) is 24.6 Å². The molecular weight excluding hydrogens is 462 g/mol. The maximum atomic E-state index is 13.4. The van der Waals surface area contributed by atoms with Crippen LogP contribution in [0.5, 0.6) is 0 Å². The highest BCUT2D eigenvalue weighted by atomic mass is 16.6. The van der Waals surface area contributed by atoms with Gasteiger partial charge in [0.25, 0.3) is 0 Å². The van der Waals surface area contributed by atoms with Crippen molar-refractivity contribution in [2.75, 3.05) is 0 Å². The Morgan fingerprint density at radius 1 is 0.944 bits per heavy atom.